The second kappa shape index (κ2) is 8.68. The van der Waals surface area contributed by atoms with Crippen molar-refractivity contribution in [3.8, 4) is 5.75 Å². The molecule has 1 N–H and O–H groups in total. The molecule has 0 unspecified atom stereocenters. The highest BCUT2D eigenvalue weighted by molar-refractivity contribution is 8.19. The maximum atomic E-state index is 12.1. The highest BCUT2D eigenvalue weighted by Crippen LogP contribution is 2.45. The van der Waals surface area contributed by atoms with E-state index in [0.717, 1.165) is 16.4 Å². The molecule has 3 rings (SSSR count). The lowest BCUT2D eigenvalue weighted by molar-refractivity contribution is -0.159. The Labute approximate surface area is 160 Å². The van der Waals surface area contributed by atoms with E-state index in [-0.39, 0.29) is 13.2 Å². The van der Waals surface area contributed by atoms with Crippen LogP contribution in [-0.2, 0) is 14.3 Å². The van der Waals surface area contributed by atoms with Crippen LogP contribution < -0.4 is 10.1 Å². The molecule has 2 fully saturated rings. The molecule has 26 heavy (non-hydrogen) atoms. The number of hydrogen-bond acceptors (Lipinski definition) is 7. The van der Waals surface area contributed by atoms with Gasteiger partial charge in [-0.1, -0.05) is 12.1 Å². The molecule has 0 aromatic heterocycles. The van der Waals surface area contributed by atoms with Gasteiger partial charge < -0.3 is 14.8 Å². The number of nitrogens with zero attached hydrogens (tertiary/aromatic N) is 1. The van der Waals surface area contributed by atoms with Gasteiger partial charge in [0.05, 0.1) is 4.58 Å². The Bertz CT molecular complexity index is 676. The molecule has 0 spiro atoms. The Morgan fingerprint density at radius 2 is 1.96 bits per heavy atom. The predicted molar refractivity (Wildman–Crippen MR) is 100 cm³/mol. The SMILES string of the molecule is C[C@H](OC(=O)COc1ccc(C2SCCS2)cc1)C(=O)N1CCNC1=O. The van der Waals surface area contributed by atoms with E-state index in [1.54, 1.807) is 0 Å². The fourth-order valence-corrected chi connectivity index (χ4v) is 5.46. The fraction of sp³-hybridized carbons (Fsp3) is 0.471. The molecule has 1 aromatic carbocycles. The van der Waals surface area contributed by atoms with Crippen LogP contribution >= 0.6 is 23.5 Å². The van der Waals surface area contributed by atoms with Crippen LogP contribution in [0.5, 0.6) is 5.75 Å². The number of ether oxygens (including phenoxy) is 2. The third kappa shape index (κ3) is 4.64. The van der Waals surface area contributed by atoms with Gasteiger partial charge in [-0.2, -0.15) is 0 Å². The third-order valence-electron chi connectivity index (χ3n) is 3.91. The van der Waals surface area contributed by atoms with Gasteiger partial charge in [0.25, 0.3) is 5.91 Å². The number of carbonyl (C=O) groups excluding carboxylic acids is 3. The molecule has 9 heteroatoms. The Morgan fingerprint density at radius 3 is 2.58 bits per heavy atom. The lowest BCUT2D eigenvalue weighted by Gasteiger charge is -2.18. The fourth-order valence-electron chi connectivity index (χ4n) is 2.60. The lowest BCUT2D eigenvalue weighted by atomic mass is 10.2. The number of benzene rings is 1. The van der Waals surface area contributed by atoms with Gasteiger partial charge in [-0.05, 0) is 24.6 Å². The molecule has 0 aliphatic carbocycles. The van der Waals surface area contributed by atoms with Gasteiger partial charge in [0.15, 0.2) is 12.7 Å². The Kier molecular flexibility index (Phi) is 6.31. The van der Waals surface area contributed by atoms with Gasteiger partial charge in [-0.25, -0.2) is 9.59 Å². The van der Waals surface area contributed by atoms with Crippen LogP contribution in [0.25, 0.3) is 0 Å². The van der Waals surface area contributed by atoms with Crippen molar-refractivity contribution in [2.75, 3.05) is 31.2 Å². The van der Waals surface area contributed by atoms with Crippen molar-refractivity contribution in [3.63, 3.8) is 0 Å². The van der Waals surface area contributed by atoms with Crippen molar-refractivity contribution in [1.29, 1.82) is 0 Å². The van der Waals surface area contributed by atoms with Crippen LogP contribution in [0.15, 0.2) is 24.3 Å². The van der Waals surface area contributed by atoms with E-state index in [9.17, 15) is 14.4 Å². The number of carbonyl (C=O) groups is 3. The van der Waals surface area contributed by atoms with E-state index in [0.29, 0.717) is 16.9 Å². The minimum Gasteiger partial charge on any atom is -0.482 e. The van der Waals surface area contributed by atoms with E-state index in [1.807, 2.05) is 47.8 Å². The van der Waals surface area contributed by atoms with Crippen LogP contribution in [-0.4, -0.2) is 60.1 Å². The quantitative estimate of drug-likeness (QED) is 0.737. The molecule has 1 atom stereocenters. The summed E-state index contributed by atoms with van der Waals surface area (Å²) < 4.78 is 10.9. The van der Waals surface area contributed by atoms with Crippen molar-refractivity contribution < 1.29 is 23.9 Å². The van der Waals surface area contributed by atoms with Crippen molar-refractivity contribution in [2.24, 2.45) is 0 Å². The second-order valence-corrected chi connectivity index (χ2v) is 8.51. The first kappa shape index (κ1) is 18.9. The highest BCUT2D eigenvalue weighted by Gasteiger charge is 2.31. The maximum absolute atomic E-state index is 12.1. The zero-order valence-electron chi connectivity index (χ0n) is 14.3. The first-order valence-corrected chi connectivity index (χ1v) is 10.4. The number of thioether (sulfide) groups is 2. The predicted octanol–water partition coefficient (Wildman–Crippen LogP) is 2.03. The van der Waals surface area contributed by atoms with Crippen molar-refractivity contribution >= 4 is 41.4 Å². The van der Waals surface area contributed by atoms with Gasteiger partial charge in [-0.3, -0.25) is 9.69 Å². The lowest BCUT2D eigenvalue weighted by Crippen LogP contribution is -2.42. The van der Waals surface area contributed by atoms with Crippen LogP contribution in [0, 0.1) is 0 Å². The molecule has 0 bridgehead atoms. The topological polar surface area (TPSA) is 84.9 Å². The molecule has 0 saturated carbocycles. The van der Waals surface area contributed by atoms with E-state index in [4.69, 9.17) is 9.47 Å². The maximum Gasteiger partial charge on any atom is 0.344 e. The summed E-state index contributed by atoms with van der Waals surface area (Å²) in [5, 5.41) is 2.53. The largest absolute Gasteiger partial charge is 0.482 e. The van der Waals surface area contributed by atoms with Crippen molar-refractivity contribution in [3.05, 3.63) is 29.8 Å². The number of imide groups is 1. The summed E-state index contributed by atoms with van der Waals surface area (Å²) in [7, 11) is 0. The summed E-state index contributed by atoms with van der Waals surface area (Å²) in [6.45, 7) is 1.83. The zero-order valence-corrected chi connectivity index (χ0v) is 15.9. The molecule has 2 heterocycles. The number of rotatable bonds is 6. The third-order valence-corrected chi connectivity index (χ3v) is 7.01. The van der Waals surface area contributed by atoms with Crippen LogP contribution in [0.1, 0.15) is 17.1 Å². The van der Waals surface area contributed by atoms with Crippen molar-refractivity contribution in [1.82, 2.24) is 10.2 Å². The normalized spacial score (nSPS) is 18.5. The summed E-state index contributed by atoms with van der Waals surface area (Å²) in [4.78, 5) is 36.5. The summed E-state index contributed by atoms with van der Waals surface area (Å²) in [6, 6.07) is 7.17. The summed E-state index contributed by atoms with van der Waals surface area (Å²) in [5.74, 6) is 1.70. The number of nitrogens with one attached hydrogen (secondary N) is 1. The average molecular weight is 396 g/mol. The van der Waals surface area contributed by atoms with Crippen LogP contribution in [0.4, 0.5) is 4.79 Å². The molecule has 1 aromatic rings. The molecular formula is C17H20N2O5S2. The smallest absolute Gasteiger partial charge is 0.344 e. The molecule has 140 valence electrons. The Hall–Kier alpha value is -1.87. The molecule has 3 amide bonds. The highest BCUT2D eigenvalue weighted by atomic mass is 32.2. The van der Waals surface area contributed by atoms with Gasteiger partial charge in [0.1, 0.15) is 5.75 Å². The number of esters is 1. The molecule has 2 aliphatic heterocycles. The summed E-state index contributed by atoms with van der Waals surface area (Å²) >= 11 is 3.85. The average Bonchev–Trinajstić information content (AvgIpc) is 3.31. The van der Waals surface area contributed by atoms with Crippen LogP contribution in [0.2, 0.25) is 0 Å². The van der Waals surface area contributed by atoms with Crippen molar-refractivity contribution in [2.45, 2.75) is 17.6 Å². The molecule has 2 aliphatic rings. The van der Waals surface area contributed by atoms with E-state index in [1.165, 1.54) is 12.5 Å². The van der Waals surface area contributed by atoms with Gasteiger partial charge in [0.2, 0.25) is 0 Å². The molecule has 2 saturated heterocycles. The van der Waals surface area contributed by atoms with E-state index in [2.05, 4.69) is 5.32 Å². The number of amides is 3. The first-order valence-electron chi connectivity index (χ1n) is 8.29. The minimum absolute atomic E-state index is 0.278. The van der Waals surface area contributed by atoms with Gasteiger partial charge in [0, 0.05) is 24.6 Å². The first-order chi connectivity index (χ1) is 12.5. The van der Waals surface area contributed by atoms with Gasteiger partial charge >= 0.3 is 12.0 Å². The second-order valence-electron chi connectivity index (χ2n) is 5.79. The minimum atomic E-state index is -1.03. The summed E-state index contributed by atoms with van der Waals surface area (Å²) in [5.41, 5.74) is 1.23. The molecule has 7 nitrogen and oxygen atoms in total. The number of urea groups is 1. The van der Waals surface area contributed by atoms with Gasteiger partial charge in [-0.15, -0.1) is 23.5 Å². The summed E-state index contributed by atoms with van der Waals surface area (Å²) in [6.07, 6.45) is -1.03. The standard InChI is InChI=1S/C17H20N2O5S2/c1-11(15(21)19-7-6-18-17(19)22)24-14(20)10-23-13-4-2-12(3-5-13)16-25-8-9-26-16/h2-5,11,16H,6-10H2,1H3,(H,18,22)/t11-/m0/s1. The zero-order chi connectivity index (χ0) is 18.5. The monoisotopic (exact) mass is 396 g/mol. The Morgan fingerprint density at radius 1 is 1.27 bits per heavy atom. The number of hydrogen-bond donors (Lipinski definition) is 1. The van der Waals surface area contributed by atoms with E-state index < -0.39 is 24.0 Å². The molecule has 0 radical (unpaired) electrons. The molecular weight excluding hydrogens is 376 g/mol. The Balaban J connectivity index is 1.44. The van der Waals surface area contributed by atoms with Crippen LogP contribution in [0.3, 0.4) is 0 Å². The van der Waals surface area contributed by atoms with E-state index >= 15 is 0 Å².